The highest BCUT2D eigenvalue weighted by molar-refractivity contribution is 6.31. The number of ether oxygens (including phenoxy) is 1. The SMILES string of the molecule is COc1ccc(CNC=C2C(=O)NC(=O)c3ccc(-c4ccc[nH]4)cc32)cc1O. The van der Waals surface area contributed by atoms with Crippen LogP contribution in [0, 0.1) is 0 Å². The predicted octanol–water partition coefficient (Wildman–Crippen LogP) is 2.80. The van der Waals surface area contributed by atoms with Gasteiger partial charge in [-0.05, 0) is 47.5 Å². The number of amides is 2. The molecule has 7 heteroatoms. The van der Waals surface area contributed by atoms with Crippen molar-refractivity contribution in [1.29, 1.82) is 0 Å². The number of methoxy groups -OCH3 is 1. The molecule has 2 heterocycles. The summed E-state index contributed by atoms with van der Waals surface area (Å²) in [5, 5.41) is 15.3. The average molecular weight is 389 g/mol. The van der Waals surface area contributed by atoms with Crippen molar-refractivity contribution in [3.8, 4) is 22.8 Å². The average Bonchev–Trinajstić information content (AvgIpc) is 3.25. The number of imide groups is 1. The van der Waals surface area contributed by atoms with Crippen molar-refractivity contribution in [2.75, 3.05) is 7.11 Å². The summed E-state index contributed by atoms with van der Waals surface area (Å²) in [5.41, 5.74) is 3.96. The minimum Gasteiger partial charge on any atom is -0.504 e. The number of carbonyl (C=O) groups is 2. The van der Waals surface area contributed by atoms with Gasteiger partial charge in [0.1, 0.15) is 0 Å². The number of rotatable bonds is 5. The van der Waals surface area contributed by atoms with E-state index in [4.69, 9.17) is 4.74 Å². The van der Waals surface area contributed by atoms with E-state index < -0.39 is 11.8 Å². The molecule has 0 aliphatic carbocycles. The first-order chi connectivity index (χ1) is 14.1. The molecule has 3 aromatic rings. The lowest BCUT2D eigenvalue weighted by atomic mass is 9.93. The van der Waals surface area contributed by atoms with Crippen molar-refractivity contribution in [3.05, 3.63) is 77.6 Å². The third-order valence-electron chi connectivity index (χ3n) is 4.73. The molecule has 0 bridgehead atoms. The van der Waals surface area contributed by atoms with E-state index in [2.05, 4.69) is 15.6 Å². The van der Waals surface area contributed by atoms with Gasteiger partial charge in [-0.1, -0.05) is 12.1 Å². The third kappa shape index (κ3) is 3.58. The van der Waals surface area contributed by atoms with E-state index in [1.54, 1.807) is 24.4 Å². The Morgan fingerprint density at radius 2 is 1.93 bits per heavy atom. The fourth-order valence-corrected chi connectivity index (χ4v) is 3.26. The Hall–Kier alpha value is -4.00. The monoisotopic (exact) mass is 389 g/mol. The molecule has 146 valence electrons. The van der Waals surface area contributed by atoms with Crippen LogP contribution in [0.2, 0.25) is 0 Å². The van der Waals surface area contributed by atoms with Crippen molar-refractivity contribution >= 4 is 17.4 Å². The van der Waals surface area contributed by atoms with Gasteiger partial charge in [-0.2, -0.15) is 0 Å². The molecular formula is C22H19N3O4. The fourth-order valence-electron chi connectivity index (χ4n) is 3.26. The van der Waals surface area contributed by atoms with E-state index in [1.807, 2.05) is 36.5 Å². The van der Waals surface area contributed by atoms with Crippen LogP contribution in [0.5, 0.6) is 11.5 Å². The molecule has 29 heavy (non-hydrogen) atoms. The maximum absolute atomic E-state index is 12.4. The van der Waals surface area contributed by atoms with E-state index >= 15 is 0 Å². The van der Waals surface area contributed by atoms with Gasteiger partial charge in [0.2, 0.25) is 0 Å². The van der Waals surface area contributed by atoms with Crippen LogP contribution in [0.3, 0.4) is 0 Å². The first-order valence-corrected chi connectivity index (χ1v) is 9.00. The summed E-state index contributed by atoms with van der Waals surface area (Å²) in [6.45, 7) is 0.383. The number of carbonyl (C=O) groups excluding carboxylic acids is 2. The molecular weight excluding hydrogens is 370 g/mol. The maximum Gasteiger partial charge on any atom is 0.260 e. The quantitative estimate of drug-likeness (QED) is 0.397. The molecule has 0 saturated heterocycles. The summed E-state index contributed by atoms with van der Waals surface area (Å²) in [6, 6.07) is 14.2. The lowest BCUT2D eigenvalue weighted by Crippen LogP contribution is -2.37. The number of aromatic nitrogens is 1. The number of hydrogen-bond donors (Lipinski definition) is 4. The van der Waals surface area contributed by atoms with E-state index in [-0.39, 0.29) is 5.75 Å². The molecule has 0 unspecified atom stereocenters. The lowest BCUT2D eigenvalue weighted by molar-refractivity contribution is -0.114. The molecule has 0 fully saturated rings. The summed E-state index contributed by atoms with van der Waals surface area (Å²) in [4.78, 5) is 27.8. The van der Waals surface area contributed by atoms with Gasteiger partial charge in [-0.3, -0.25) is 14.9 Å². The van der Waals surface area contributed by atoms with E-state index in [1.165, 1.54) is 7.11 Å². The molecule has 1 aliphatic heterocycles. The van der Waals surface area contributed by atoms with Gasteiger partial charge in [0.05, 0.1) is 12.7 Å². The zero-order valence-electron chi connectivity index (χ0n) is 15.7. The summed E-state index contributed by atoms with van der Waals surface area (Å²) < 4.78 is 5.03. The topological polar surface area (TPSA) is 103 Å². The Bertz CT molecular complexity index is 1120. The van der Waals surface area contributed by atoms with Crippen molar-refractivity contribution in [1.82, 2.24) is 15.6 Å². The fraction of sp³-hybridized carbons (Fsp3) is 0.0909. The van der Waals surface area contributed by atoms with E-state index in [0.717, 1.165) is 16.8 Å². The van der Waals surface area contributed by atoms with E-state index in [9.17, 15) is 14.7 Å². The van der Waals surface area contributed by atoms with Crippen molar-refractivity contribution in [3.63, 3.8) is 0 Å². The summed E-state index contributed by atoms with van der Waals surface area (Å²) >= 11 is 0. The summed E-state index contributed by atoms with van der Waals surface area (Å²) in [7, 11) is 1.49. The zero-order valence-corrected chi connectivity index (χ0v) is 15.7. The summed E-state index contributed by atoms with van der Waals surface area (Å²) in [5.74, 6) is -0.444. The third-order valence-corrected chi connectivity index (χ3v) is 4.73. The molecule has 0 saturated carbocycles. The first-order valence-electron chi connectivity index (χ1n) is 9.00. The minimum absolute atomic E-state index is 0.0430. The molecule has 1 aromatic heterocycles. The van der Waals surface area contributed by atoms with Crippen LogP contribution in [-0.4, -0.2) is 29.0 Å². The van der Waals surface area contributed by atoms with Gasteiger partial charge in [-0.25, -0.2) is 0 Å². The van der Waals surface area contributed by atoms with Gasteiger partial charge < -0.3 is 20.1 Å². The van der Waals surface area contributed by atoms with Gasteiger partial charge in [-0.15, -0.1) is 0 Å². The summed E-state index contributed by atoms with van der Waals surface area (Å²) in [6.07, 6.45) is 3.40. The number of aromatic amines is 1. The number of H-pyrrole nitrogens is 1. The zero-order chi connectivity index (χ0) is 20.4. The highest BCUT2D eigenvalue weighted by Gasteiger charge is 2.27. The molecule has 4 rings (SSSR count). The molecule has 1 aliphatic rings. The van der Waals surface area contributed by atoms with E-state index in [0.29, 0.717) is 29.0 Å². The normalized spacial score (nSPS) is 14.4. The Kier molecular flexibility index (Phi) is 4.78. The number of aromatic hydroxyl groups is 1. The van der Waals surface area contributed by atoms with Crippen LogP contribution in [0.15, 0.2) is 60.9 Å². The number of nitrogens with one attached hydrogen (secondary N) is 3. The van der Waals surface area contributed by atoms with Crippen molar-refractivity contribution in [2.24, 2.45) is 0 Å². The van der Waals surface area contributed by atoms with Gasteiger partial charge in [0.25, 0.3) is 11.8 Å². The van der Waals surface area contributed by atoms with Crippen LogP contribution in [0.1, 0.15) is 21.5 Å². The second kappa shape index (κ2) is 7.55. The standard InChI is InChI=1S/C22H19N3O4/c1-29-20-7-4-13(9-19(20)26)11-23-12-17-16-10-14(18-3-2-8-24-18)5-6-15(16)21(27)25-22(17)28/h2-10,12,23-24,26H,11H2,1H3,(H,25,27,28). The number of fused-ring (bicyclic) bond motifs is 1. The molecule has 0 radical (unpaired) electrons. The van der Waals surface area contributed by atoms with Crippen LogP contribution in [-0.2, 0) is 11.3 Å². The minimum atomic E-state index is -0.462. The number of phenols is 1. The Morgan fingerprint density at radius 3 is 2.66 bits per heavy atom. The van der Waals surface area contributed by atoms with Gasteiger partial charge >= 0.3 is 0 Å². The van der Waals surface area contributed by atoms with Crippen LogP contribution >= 0.6 is 0 Å². The number of benzene rings is 2. The largest absolute Gasteiger partial charge is 0.504 e. The van der Waals surface area contributed by atoms with Crippen LogP contribution < -0.4 is 15.4 Å². The lowest BCUT2D eigenvalue weighted by Gasteiger charge is -2.19. The Labute approximate surface area is 167 Å². The van der Waals surface area contributed by atoms with Crippen molar-refractivity contribution < 1.29 is 19.4 Å². The highest BCUT2D eigenvalue weighted by Crippen LogP contribution is 2.29. The van der Waals surface area contributed by atoms with Crippen LogP contribution in [0.25, 0.3) is 16.8 Å². The Morgan fingerprint density at radius 1 is 1.07 bits per heavy atom. The predicted molar refractivity (Wildman–Crippen MR) is 108 cm³/mol. The molecule has 0 spiro atoms. The van der Waals surface area contributed by atoms with Crippen LogP contribution in [0.4, 0.5) is 0 Å². The van der Waals surface area contributed by atoms with Gasteiger partial charge in [0, 0.05) is 35.8 Å². The molecule has 2 amide bonds. The Balaban J connectivity index is 1.62. The first kappa shape index (κ1) is 18.4. The highest BCUT2D eigenvalue weighted by atomic mass is 16.5. The molecule has 4 N–H and O–H groups in total. The number of hydrogen-bond acceptors (Lipinski definition) is 5. The second-order valence-corrected chi connectivity index (χ2v) is 6.57. The smallest absolute Gasteiger partial charge is 0.260 e. The van der Waals surface area contributed by atoms with Crippen molar-refractivity contribution in [2.45, 2.75) is 6.54 Å². The molecule has 2 aromatic carbocycles. The molecule has 7 nitrogen and oxygen atoms in total. The van der Waals surface area contributed by atoms with Gasteiger partial charge in [0.15, 0.2) is 11.5 Å². The molecule has 0 atom stereocenters. The maximum atomic E-state index is 12.4. The number of phenolic OH excluding ortho intramolecular Hbond substituents is 1. The second-order valence-electron chi connectivity index (χ2n) is 6.57.